The normalized spacial score (nSPS) is 17.3. The molecule has 1 atom stereocenters. The van der Waals surface area contributed by atoms with Gasteiger partial charge in [0.1, 0.15) is 0 Å². The van der Waals surface area contributed by atoms with E-state index in [1.807, 2.05) is 30.3 Å². The van der Waals surface area contributed by atoms with Gasteiger partial charge in [0.15, 0.2) is 0 Å². The van der Waals surface area contributed by atoms with Crippen LogP contribution in [0.25, 0.3) is 0 Å². The zero-order valence-electron chi connectivity index (χ0n) is 11.4. The Morgan fingerprint density at radius 2 is 1.95 bits per heavy atom. The molecule has 106 valence electrons. The molecular formula is C15H23ClN2O. The third kappa shape index (κ3) is 5.21. The van der Waals surface area contributed by atoms with Gasteiger partial charge in [-0.2, -0.15) is 0 Å². The van der Waals surface area contributed by atoms with Crippen molar-refractivity contribution in [1.82, 2.24) is 5.32 Å². The molecule has 0 aromatic heterocycles. The van der Waals surface area contributed by atoms with Gasteiger partial charge in [0, 0.05) is 12.1 Å². The summed E-state index contributed by atoms with van der Waals surface area (Å²) in [7, 11) is 0. The lowest BCUT2D eigenvalue weighted by Gasteiger charge is -2.27. The number of hydrogen-bond donors (Lipinski definition) is 2. The molecule has 1 aromatic rings. The van der Waals surface area contributed by atoms with E-state index in [1.54, 1.807) is 0 Å². The van der Waals surface area contributed by atoms with Crippen LogP contribution >= 0.6 is 12.4 Å². The smallest absolute Gasteiger partial charge is 0.224 e. The summed E-state index contributed by atoms with van der Waals surface area (Å²) in [5.74, 6) is 1.29. The lowest BCUT2D eigenvalue weighted by molar-refractivity contribution is -0.117. The second kappa shape index (κ2) is 8.18. The number of amides is 1. The maximum Gasteiger partial charge on any atom is 0.224 e. The molecule has 0 saturated carbocycles. The highest BCUT2D eigenvalue weighted by molar-refractivity contribution is 5.90. The summed E-state index contributed by atoms with van der Waals surface area (Å²) in [4.78, 5) is 11.9. The number of rotatable bonds is 4. The highest BCUT2D eigenvalue weighted by Crippen LogP contribution is 2.24. The molecule has 19 heavy (non-hydrogen) atoms. The van der Waals surface area contributed by atoms with Gasteiger partial charge in [-0.25, -0.2) is 0 Å². The number of carbonyl (C=O) groups excluding carboxylic acids is 1. The minimum Gasteiger partial charge on any atom is -0.326 e. The molecule has 1 unspecified atom stereocenters. The number of halogens is 1. The summed E-state index contributed by atoms with van der Waals surface area (Å²) < 4.78 is 0. The van der Waals surface area contributed by atoms with Crippen LogP contribution in [0.15, 0.2) is 30.3 Å². The van der Waals surface area contributed by atoms with E-state index in [1.165, 1.54) is 12.8 Å². The lowest BCUT2D eigenvalue weighted by atomic mass is 9.84. The Balaban J connectivity index is 0.00000180. The molecule has 2 N–H and O–H groups in total. The van der Waals surface area contributed by atoms with Gasteiger partial charge >= 0.3 is 0 Å². The topological polar surface area (TPSA) is 41.1 Å². The third-order valence-corrected chi connectivity index (χ3v) is 3.75. The third-order valence-electron chi connectivity index (χ3n) is 3.75. The van der Waals surface area contributed by atoms with Crippen molar-refractivity contribution in [3.05, 3.63) is 30.3 Å². The van der Waals surface area contributed by atoms with E-state index in [4.69, 9.17) is 0 Å². The quantitative estimate of drug-likeness (QED) is 0.891. The minimum atomic E-state index is 0. The number of para-hydroxylation sites is 1. The fraction of sp³-hybridized carbons (Fsp3) is 0.533. The van der Waals surface area contributed by atoms with Crippen LogP contribution in [0.4, 0.5) is 5.69 Å². The standard InChI is InChI=1S/C15H22N2O.ClH/c1-12(13-7-9-16-10-8-13)11-15(18)17-14-5-3-2-4-6-14;/h2-6,12-13,16H,7-11H2,1H3,(H,17,18);1H. The fourth-order valence-electron chi connectivity index (χ4n) is 2.61. The highest BCUT2D eigenvalue weighted by Gasteiger charge is 2.21. The number of piperidine rings is 1. The monoisotopic (exact) mass is 282 g/mol. The van der Waals surface area contributed by atoms with Crippen LogP contribution in [0.3, 0.4) is 0 Å². The summed E-state index contributed by atoms with van der Waals surface area (Å²) in [6.07, 6.45) is 3.01. The predicted molar refractivity (Wildman–Crippen MR) is 81.7 cm³/mol. The van der Waals surface area contributed by atoms with Crippen LogP contribution in [0.5, 0.6) is 0 Å². The summed E-state index contributed by atoms with van der Waals surface area (Å²) >= 11 is 0. The summed E-state index contributed by atoms with van der Waals surface area (Å²) in [5.41, 5.74) is 0.889. The van der Waals surface area contributed by atoms with Gasteiger partial charge < -0.3 is 10.6 Å². The van der Waals surface area contributed by atoms with Crippen molar-refractivity contribution in [3.63, 3.8) is 0 Å². The second-order valence-electron chi connectivity index (χ2n) is 5.18. The van der Waals surface area contributed by atoms with Crippen LogP contribution in [-0.4, -0.2) is 19.0 Å². The highest BCUT2D eigenvalue weighted by atomic mass is 35.5. The van der Waals surface area contributed by atoms with E-state index in [9.17, 15) is 4.79 Å². The van der Waals surface area contributed by atoms with Gasteiger partial charge in [-0.3, -0.25) is 4.79 Å². The first kappa shape index (κ1) is 16.0. The Morgan fingerprint density at radius 1 is 1.32 bits per heavy atom. The Morgan fingerprint density at radius 3 is 2.58 bits per heavy atom. The number of carbonyl (C=O) groups is 1. The molecule has 1 aliphatic heterocycles. The average Bonchev–Trinajstić information content (AvgIpc) is 2.40. The fourth-order valence-corrected chi connectivity index (χ4v) is 2.61. The van der Waals surface area contributed by atoms with E-state index in [0.29, 0.717) is 18.3 Å². The zero-order chi connectivity index (χ0) is 12.8. The molecule has 0 aliphatic carbocycles. The van der Waals surface area contributed by atoms with Gasteiger partial charge in [0.25, 0.3) is 0 Å². The molecule has 1 aliphatic rings. The van der Waals surface area contributed by atoms with Crippen LogP contribution in [0.1, 0.15) is 26.2 Å². The molecule has 1 saturated heterocycles. The first-order valence-corrected chi connectivity index (χ1v) is 6.81. The molecule has 4 heteroatoms. The van der Waals surface area contributed by atoms with E-state index >= 15 is 0 Å². The van der Waals surface area contributed by atoms with Crippen molar-refractivity contribution >= 4 is 24.0 Å². The van der Waals surface area contributed by atoms with Crippen molar-refractivity contribution in [2.24, 2.45) is 11.8 Å². The second-order valence-corrected chi connectivity index (χ2v) is 5.18. The summed E-state index contributed by atoms with van der Waals surface area (Å²) in [6.45, 7) is 4.38. The van der Waals surface area contributed by atoms with Gasteiger partial charge in [-0.1, -0.05) is 25.1 Å². The molecule has 1 heterocycles. The molecular weight excluding hydrogens is 260 g/mol. The van der Waals surface area contributed by atoms with Crippen molar-refractivity contribution in [2.45, 2.75) is 26.2 Å². The van der Waals surface area contributed by atoms with Crippen LogP contribution < -0.4 is 10.6 Å². The van der Waals surface area contributed by atoms with E-state index < -0.39 is 0 Å². The molecule has 1 fully saturated rings. The Bertz CT molecular complexity index is 377. The first-order valence-electron chi connectivity index (χ1n) is 6.81. The van der Waals surface area contributed by atoms with Crippen molar-refractivity contribution in [2.75, 3.05) is 18.4 Å². The molecule has 3 nitrogen and oxygen atoms in total. The molecule has 0 bridgehead atoms. The first-order chi connectivity index (χ1) is 8.75. The SMILES string of the molecule is CC(CC(=O)Nc1ccccc1)C1CCNCC1.Cl. The van der Waals surface area contributed by atoms with Gasteiger partial charge in [-0.05, 0) is 49.9 Å². The summed E-state index contributed by atoms with van der Waals surface area (Å²) in [6, 6.07) is 9.67. The minimum absolute atomic E-state index is 0. The van der Waals surface area contributed by atoms with Crippen LogP contribution in [-0.2, 0) is 4.79 Å². The number of benzene rings is 1. The average molecular weight is 283 g/mol. The Labute approximate surface area is 121 Å². The Hall–Kier alpha value is -1.06. The molecule has 2 rings (SSSR count). The van der Waals surface area contributed by atoms with Crippen molar-refractivity contribution in [3.8, 4) is 0 Å². The number of anilines is 1. The van der Waals surface area contributed by atoms with Gasteiger partial charge in [0.05, 0.1) is 0 Å². The van der Waals surface area contributed by atoms with E-state index in [-0.39, 0.29) is 18.3 Å². The maximum absolute atomic E-state index is 11.9. The van der Waals surface area contributed by atoms with Gasteiger partial charge in [0.2, 0.25) is 5.91 Å². The van der Waals surface area contributed by atoms with Gasteiger partial charge in [-0.15, -0.1) is 12.4 Å². The van der Waals surface area contributed by atoms with Crippen molar-refractivity contribution < 1.29 is 4.79 Å². The van der Waals surface area contributed by atoms with Crippen molar-refractivity contribution in [1.29, 1.82) is 0 Å². The lowest BCUT2D eigenvalue weighted by Crippen LogP contribution is -2.32. The van der Waals surface area contributed by atoms with E-state index in [0.717, 1.165) is 18.8 Å². The van der Waals surface area contributed by atoms with E-state index in [2.05, 4.69) is 17.6 Å². The predicted octanol–water partition coefficient (Wildman–Crippen LogP) is 3.07. The zero-order valence-corrected chi connectivity index (χ0v) is 12.2. The number of nitrogens with one attached hydrogen (secondary N) is 2. The van der Waals surface area contributed by atoms with Crippen LogP contribution in [0, 0.1) is 11.8 Å². The largest absolute Gasteiger partial charge is 0.326 e. The maximum atomic E-state index is 11.9. The van der Waals surface area contributed by atoms with Crippen LogP contribution in [0.2, 0.25) is 0 Å². The molecule has 0 spiro atoms. The Kier molecular flexibility index (Phi) is 6.89. The molecule has 0 radical (unpaired) electrons. The molecule has 1 aromatic carbocycles. The number of hydrogen-bond acceptors (Lipinski definition) is 2. The summed E-state index contributed by atoms with van der Waals surface area (Å²) in [5, 5.41) is 6.32. The molecule has 1 amide bonds.